The summed E-state index contributed by atoms with van der Waals surface area (Å²) in [5.74, 6) is 1.50. The third-order valence-electron chi connectivity index (χ3n) is 2.71. The summed E-state index contributed by atoms with van der Waals surface area (Å²) in [5.41, 5.74) is 0. The molecule has 0 N–H and O–H groups in total. The van der Waals surface area contributed by atoms with E-state index in [0.717, 1.165) is 25.7 Å². The van der Waals surface area contributed by atoms with Gasteiger partial charge in [0.15, 0.2) is 0 Å². The lowest BCUT2D eigenvalue weighted by Crippen LogP contribution is -2.33. The second kappa shape index (κ2) is 2.51. The Hall–Kier alpha value is -0.0800. The molecule has 3 unspecified atom stereocenters. The zero-order valence-electron chi connectivity index (χ0n) is 6.38. The normalized spacial score (nSPS) is 47.1. The molecule has 10 heavy (non-hydrogen) atoms. The van der Waals surface area contributed by atoms with E-state index in [9.17, 15) is 0 Å². The van der Waals surface area contributed by atoms with Crippen molar-refractivity contribution in [3.05, 3.63) is 0 Å². The maximum Gasteiger partial charge on any atom is 0.0861 e. The molecular formula is C8H14O2. The summed E-state index contributed by atoms with van der Waals surface area (Å²) in [6.07, 6.45) is 1.63. The van der Waals surface area contributed by atoms with Crippen LogP contribution in [0.4, 0.5) is 0 Å². The van der Waals surface area contributed by atoms with Crippen molar-refractivity contribution in [1.82, 2.24) is 0 Å². The monoisotopic (exact) mass is 142 g/mol. The molecule has 0 saturated carbocycles. The fourth-order valence-corrected chi connectivity index (χ4v) is 1.87. The van der Waals surface area contributed by atoms with E-state index in [0.29, 0.717) is 12.0 Å². The number of rotatable bonds is 0. The molecule has 2 saturated heterocycles. The van der Waals surface area contributed by atoms with E-state index in [-0.39, 0.29) is 0 Å². The van der Waals surface area contributed by atoms with E-state index in [2.05, 4.69) is 6.92 Å². The Balaban J connectivity index is 2.03. The second-order valence-electron chi connectivity index (χ2n) is 3.38. The summed E-state index contributed by atoms with van der Waals surface area (Å²) in [6.45, 7) is 4.99. The molecule has 2 heteroatoms. The van der Waals surface area contributed by atoms with Crippen molar-refractivity contribution in [2.45, 2.75) is 19.4 Å². The molecule has 2 fully saturated rings. The summed E-state index contributed by atoms with van der Waals surface area (Å²) in [6, 6.07) is 0. The van der Waals surface area contributed by atoms with Crippen molar-refractivity contribution in [3.63, 3.8) is 0 Å². The lowest BCUT2D eigenvalue weighted by Gasteiger charge is -2.29. The zero-order valence-corrected chi connectivity index (χ0v) is 6.38. The maximum absolute atomic E-state index is 5.55. The first-order valence-electron chi connectivity index (χ1n) is 4.07. The molecule has 2 heterocycles. The Morgan fingerprint density at radius 1 is 1.30 bits per heavy atom. The minimum Gasteiger partial charge on any atom is -0.378 e. The van der Waals surface area contributed by atoms with Gasteiger partial charge >= 0.3 is 0 Å². The predicted octanol–water partition coefficient (Wildman–Crippen LogP) is 1.06. The average molecular weight is 142 g/mol. The molecule has 0 aliphatic carbocycles. The largest absolute Gasteiger partial charge is 0.378 e. The van der Waals surface area contributed by atoms with Gasteiger partial charge < -0.3 is 9.47 Å². The molecule has 0 amide bonds. The van der Waals surface area contributed by atoms with Crippen LogP contribution >= 0.6 is 0 Å². The lowest BCUT2D eigenvalue weighted by atomic mass is 9.87. The highest BCUT2D eigenvalue weighted by Gasteiger charge is 2.35. The molecule has 0 aromatic heterocycles. The van der Waals surface area contributed by atoms with Crippen LogP contribution in [0, 0.1) is 11.8 Å². The fraction of sp³-hybridized carbons (Fsp3) is 1.00. The van der Waals surface area contributed by atoms with E-state index < -0.39 is 0 Å². The molecule has 3 atom stereocenters. The minimum atomic E-state index is 0.420. The Bertz CT molecular complexity index is 124. The summed E-state index contributed by atoms with van der Waals surface area (Å²) in [7, 11) is 0. The van der Waals surface area contributed by atoms with Crippen LogP contribution in [-0.2, 0) is 9.47 Å². The molecule has 2 rings (SSSR count). The summed E-state index contributed by atoms with van der Waals surface area (Å²) in [4.78, 5) is 0. The second-order valence-corrected chi connectivity index (χ2v) is 3.38. The van der Waals surface area contributed by atoms with Crippen molar-refractivity contribution in [3.8, 4) is 0 Å². The van der Waals surface area contributed by atoms with Crippen LogP contribution < -0.4 is 0 Å². The highest BCUT2D eigenvalue weighted by molar-refractivity contribution is 4.83. The van der Waals surface area contributed by atoms with Gasteiger partial charge in [0.2, 0.25) is 0 Å². The molecule has 0 spiro atoms. The Morgan fingerprint density at radius 2 is 2.20 bits per heavy atom. The first kappa shape index (κ1) is 6.62. The van der Waals surface area contributed by atoms with Gasteiger partial charge in [-0.1, -0.05) is 6.92 Å². The minimum absolute atomic E-state index is 0.420. The summed E-state index contributed by atoms with van der Waals surface area (Å²) in [5, 5.41) is 0. The van der Waals surface area contributed by atoms with Crippen molar-refractivity contribution >= 4 is 0 Å². The van der Waals surface area contributed by atoms with Crippen LogP contribution in [0.5, 0.6) is 0 Å². The van der Waals surface area contributed by atoms with Gasteiger partial charge in [-0.3, -0.25) is 0 Å². The molecule has 0 aromatic carbocycles. The highest BCUT2D eigenvalue weighted by Crippen LogP contribution is 2.30. The van der Waals surface area contributed by atoms with E-state index in [1.165, 1.54) is 6.42 Å². The molecule has 2 aliphatic rings. The van der Waals surface area contributed by atoms with Gasteiger partial charge in [-0.15, -0.1) is 0 Å². The molecule has 2 aliphatic heterocycles. The van der Waals surface area contributed by atoms with Crippen LogP contribution in [-0.4, -0.2) is 25.9 Å². The molecule has 58 valence electrons. The fourth-order valence-electron chi connectivity index (χ4n) is 1.87. The molecule has 0 bridgehead atoms. The first-order valence-corrected chi connectivity index (χ1v) is 4.07. The van der Waals surface area contributed by atoms with Crippen molar-refractivity contribution in [2.24, 2.45) is 11.8 Å². The quantitative estimate of drug-likeness (QED) is 0.503. The Kier molecular flexibility index (Phi) is 1.66. The molecule has 0 radical (unpaired) electrons. The van der Waals surface area contributed by atoms with Crippen LogP contribution in [0.1, 0.15) is 13.3 Å². The molecule has 0 aromatic rings. The average Bonchev–Trinajstić information content (AvgIpc) is 2.36. The lowest BCUT2D eigenvalue weighted by molar-refractivity contribution is -0.0279. The Labute approximate surface area is 61.5 Å². The first-order chi connectivity index (χ1) is 4.88. The van der Waals surface area contributed by atoms with Crippen molar-refractivity contribution in [1.29, 1.82) is 0 Å². The smallest absolute Gasteiger partial charge is 0.0861 e. The number of ether oxygens (including phenoxy) is 2. The Morgan fingerprint density at radius 3 is 3.00 bits per heavy atom. The van der Waals surface area contributed by atoms with Crippen LogP contribution in [0.25, 0.3) is 0 Å². The highest BCUT2D eigenvalue weighted by atomic mass is 16.5. The zero-order chi connectivity index (χ0) is 6.97. The summed E-state index contributed by atoms with van der Waals surface area (Å²) < 4.78 is 10.9. The van der Waals surface area contributed by atoms with Crippen LogP contribution in [0.2, 0.25) is 0 Å². The van der Waals surface area contributed by atoms with Gasteiger partial charge in [0, 0.05) is 12.5 Å². The van der Waals surface area contributed by atoms with Crippen molar-refractivity contribution in [2.75, 3.05) is 19.8 Å². The molecular weight excluding hydrogens is 128 g/mol. The number of hydrogen-bond acceptors (Lipinski definition) is 2. The van der Waals surface area contributed by atoms with E-state index in [1.807, 2.05) is 0 Å². The third-order valence-corrected chi connectivity index (χ3v) is 2.71. The maximum atomic E-state index is 5.55. The third kappa shape index (κ3) is 0.956. The van der Waals surface area contributed by atoms with Gasteiger partial charge in [-0.05, 0) is 12.3 Å². The van der Waals surface area contributed by atoms with Crippen molar-refractivity contribution < 1.29 is 9.47 Å². The molecule has 2 nitrogen and oxygen atoms in total. The predicted molar refractivity (Wildman–Crippen MR) is 37.8 cm³/mol. The summed E-state index contributed by atoms with van der Waals surface area (Å²) >= 11 is 0. The standard InChI is InChI=1S/C8H14O2/c1-6-2-3-10-8-5-9-4-7(6)8/h6-8H,2-5H2,1H3. The van der Waals surface area contributed by atoms with E-state index in [4.69, 9.17) is 9.47 Å². The van der Waals surface area contributed by atoms with E-state index in [1.54, 1.807) is 0 Å². The van der Waals surface area contributed by atoms with Crippen LogP contribution in [0.3, 0.4) is 0 Å². The van der Waals surface area contributed by atoms with E-state index >= 15 is 0 Å². The van der Waals surface area contributed by atoms with Gasteiger partial charge in [0.25, 0.3) is 0 Å². The SMILES string of the molecule is CC1CCOC2COCC12. The number of hydrogen-bond donors (Lipinski definition) is 0. The van der Waals surface area contributed by atoms with Crippen LogP contribution in [0.15, 0.2) is 0 Å². The topological polar surface area (TPSA) is 18.5 Å². The van der Waals surface area contributed by atoms with Gasteiger partial charge in [-0.25, -0.2) is 0 Å². The van der Waals surface area contributed by atoms with Gasteiger partial charge in [0.1, 0.15) is 0 Å². The van der Waals surface area contributed by atoms with Gasteiger partial charge in [0.05, 0.1) is 19.3 Å². The number of fused-ring (bicyclic) bond motifs is 1. The van der Waals surface area contributed by atoms with Gasteiger partial charge in [-0.2, -0.15) is 0 Å².